The van der Waals surface area contributed by atoms with Gasteiger partial charge in [0.15, 0.2) is 0 Å². The second kappa shape index (κ2) is 7.48. The molecule has 0 saturated heterocycles. The molecule has 1 unspecified atom stereocenters. The van der Waals surface area contributed by atoms with Crippen LogP contribution in [0.4, 0.5) is 0 Å². The van der Waals surface area contributed by atoms with Crippen LogP contribution in [-0.2, 0) is 9.84 Å². The van der Waals surface area contributed by atoms with Gasteiger partial charge in [-0.2, -0.15) is 0 Å². The highest BCUT2D eigenvalue weighted by Crippen LogP contribution is 2.31. The average molecular weight is 324 g/mol. The molecule has 0 fully saturated rings. The van der Waals surface area contributed by atoms with Crippen LogP contribution in [0.3, 0.4) is 0 Å². The Morgan fingerprint density at radius 2 is 2.00 bits per heavy atom. The van der Waals surface area contributed by atoms with E-state index in [1.54, 1.807) is 6.07 Å². The van der Waals surface area contributed by atoms with Gasteiger partial charge in [0, 0.05) is 18.1 Å². The van der Waals surface area contributed by atoms with Crippen LogP contribution in [0.15, 0.2) is 18.2 Å². The van der Waals surface area contributed by atoms with Crippen LogP contribution in [0.1, 0.15) is 31.4 Å². The van der Waals surface area contributed by atoms with Crippen LogP contribution < -0.4 is 5.32 Å². The molecule has 3 nitrogen and oxygen atoms in total. The zero-order valence-electron chi connectivity index (χ0n) is 11.1. The van der Waals surface area contributed by atoms with Crippen LogP contribution >= 0.6 is 23.2 Å². The third-order valence-corrected chi connectivity index (χ3v) is 4.68. The summed E-state index contributed by atoms with van der Waals surface area (Å²) in [6, 6.07) is 5.54. The van der Waals surface area contributed by atoms with Gasteiger partial charge in [-0.25, -0.2) is 8.42 Å². The molecule has 1 aromatic rings. The number of rotatable bonds is 7. The van der Waals surface area contributed by atoms with Gasteiger partial charge in [-0.05, 0) is 31.0 Å². The van der Waals surface area contributed by atoms with Crippen molar-refractivity contribution in [2.75, 3.05) is 18.6 Å². The summed E-state index contributed by atoms with van der Waals surface area (Å²) in [5.74, 6) is 0.188. The SMILES string of the molecule is CCNC(CCCS(C)(=O)=O)c1cccc(Cl)c1Cl. The van der Waals surface area contributed by atoms with Gasteiger partial charge < -0.3 is 5.32 Å². The number of hydrogen-bond acceptors (Lipinski definition) is 3. The molecular formula is C13H19Cl2NO2S. The Hall–Kier alpha value is -0.290. The Balaban J connectivity index is 2.79. The predicted octanol–water partition coefficient (Wildman–Crippen LogP) is 3.47. The van der Waals surface area contributed by atoms with Crippen molar-refractivity contribution in [1.82, 2.24) is 5.32 Å². The van der Waals surface area contributed by atoms with Crippen LogP contribution in [0.5, 0.6) is 0 Å². The van der Waals surface area contributed by atoms with Gasteiger partial charge in [-0.1, -0.05) is 42.3 Å². The van der Waals surface area contributed by atoms with Gasteiger partial charge in [0.25, 0.3) is 0 Å². The Labute approximate surface area is 125 Å². The van der Waals surface area contributed by atoms with E-state index in [-0.39, 0.29) is 11.8 Å². The van der Waals surface area contributed by atoms with E-state index < -0.39 is 9.84 Å². The number of hydrogen-bond donors (Lipinski definition) is 1. The molecule has 0 radical (unpaired) electrons. The van der Waals surface area contributed by atoms with E-state index in [4.69, 9.17) is 23.2 Å². The van der Waals surface area contributed by atoms with Gasteiger partial charge in [0.1, 0.15) is 9.84 Å². The summed E-state index contributed by atoms with van der Waals surface area (Å²) >= 11 is 12.2. The first-order valence-electron chi connectivity index (χ1n) is 6.20. The number of benzene rings is 1. The molecule has 1 N–H and O–H groups in total. The van der Waals surface area contributed by atoms with Gasteiger partial charge in [0.2, 0.25) is 0 Å². The fraction of sp³-hybridized carbons (Fsp3) is 0.538. The van der Waals surface area contributed by atoms with Crippen molar-refractivity contribution in [2.45, 2.75) is 25.8 Å². The van der Waals surface area contributed by atoms with Crippen molar-refractivity contribution < 1.29 is 8.42 Å². The minimum atomic E-state index is -2.92. The summed E-state index contributed by atoms with van der Waals surface area (Å²) in [6.45, 7) is 2.79. The molecule has 0 heterocycles. The highest BCUT2D eigenvalue weighted by molar-refractivity contribution is 7.90. The monoisotopic (exact) mass is 323 g/mol. The second-order valence-corrected chi connectivity index (χ2v) is 7.57. The molecule has 0 amide bonds. The molecule has 1 rings (SSSR count). The molecule has 1 aromatic carbocycles. The van der Waals surface area contributed by atoms with Gasteiger partial charge >= 0.3 is 0 Å². The van der Waals surface area contributed by atoms with E-state index >= 15 is 0 Å². The standard InChI is InChI=1S/C13H19Cl2NO2S/c1-3-16-12(8-5-9-19(2,17)18)10-6-4-7-11(14)13(10)15/h4,6-7,12,16H,3,5,8-9H2,1-2H3. The minimum Gasteiger partial charge on any atom is -0.310 e. The summed E-state index contributed by atoms with van der Waals surface area (Å²) in [6.07, 6.45) is 2.56. The van der Waals surface area contributed by atoms with E-state index in [1.165, 1.54) is 6.26 Å². The molecule has 19 heavy (non-hydrogen) atoms. The predicted molar refractivity (Wildman–Crippen MR) is 81.8 cm³/mol. The largest absolute Gasteiger partial charge is 0.310 e. The van der Waals surface area contributed by atoms with Crippen LogP contribution in [0.25, 0.3) is 0 Å². The Morgan fingerprint density at radius 1 is 1.32 bits per heavy atom. The van der Waals surface area contributed by atoms with Gasteiger partial charge in [0.05, 0.1) is 10.0 Å². The zero-order chi connectivity index (χ0) is 14.5. The maximum absolute atomic E-state index is 11.2. The van der Waals surface area contributed by atoms with Crippen LogP contribution in [0.2, 0.25) is 10.0 Å². The van der Waals surface area contributed by atoms with Gasteiger partial charge in [-0.15, -0.1) is 0 Å². The smallest absolute Gasteiger partial charge is 0.147 e. The van der Waals surface area contributed by atoms with Crippen LogP contribution in [-0.4, -0.2) is 27.0 Å². The molecular weight excluding hydrogens is 305 g/mol. The van der Waals surface area contributed by atoms with Crippen LogP contribution in [0, 0.1) is 0 Å². The molecule has 108 valence electrons. The van der Waals surface area contributed by atoms with Crippen molar-refractivity contribution in [1.29, 1.82) is 0 Å². The third-order valence-electron chi connectivity index (χ3n) is 2.82. The van der Waals surface area contributed by atoms with Crippen molar-refractivity contribution in [3.63, 3.8) is 0 Å². The van der Waals surface area contributed by atoms with E-state index in [2.05, 4.69) is 5.32 Å². The normalized spacial score (nSPS) is 13.5. The molecule has 0 saturated carbocycles. The van der Waals surface area contributed by atoms with E-state index in [0.29, 0.717) is 22.9 Å². The fourth-order valence-corrected chi connectivity index (χ4v) is 3.08. The van der Waals surface area contributed by atoms with Crippen molar-refractivity contribution in [2.24, 2.45) is 0 Å². The molecule has 0 spiro atoms. The molecule has 0 aliphatic carbocycles. The average Bonchev–Trinajstić information content (AvgIpc) is 2.30. The number of sulfone groups is 1. The lowest BCUT2D eigenvalue weighted by Gasteiger charge is -2.20. The van der Waals surface area contributed by atoms with Gasteiger partial charge in [-0.3, -0.25) is 0 Å². The molecule has 0 aliphatic heterocycles. The number of nitrogens with one attached hydrogen (secondary N) is 1. The second-order valence-electron chi connectivity index (χ2n) is 4.53. The summed E-state index contributed by atoms with van der Waals surface area (Å²) < 4.78 is 22.3. The summed E-state index contributed by atoms with van der Waals surface area (Å²) in [5.41, 5.74) is 0.921. The highest BCUT2D eigenvalue weighted by Gasteiger charge is 2.16. The summed E-state index contributed by atoms with van der Waals surface area (Å²) in [5, 5.41) is 4.37. The Kier molecular flexibility index (Phi) is 6.60. The maximum Gasteiger partial charge on any atom is 0.147 e. The topological polar surface area (TPSA) is 46.2 Å². The van der Waals surface area contributed by atoms with Crippen molar-refractivity contribution in [3.8, 4) is 0 Å². The maximum atomic E-state index is 11.2. The molecule has 0 bridgehead atoms. The van der Waals surface area contributed by atoms with Crippen molar-refractivity contribution >= 4 is 33.0 Å². The molecule has 0 aliphatic rings. The molecule has 1 atom stereocenters. The van der Waals surface area contributed by atoms with Crippen molar-refractivity contribution in [3.05, 3.63) is 33.8 Å². The quantitative estimate of drug-likeness (QED) is 0.835. The lowest BCUT2D eigenvalue weighted by atomic mass is 10.0. The molecule has 0 aromatic heterocycles. The first-order valence-corrected chi connectivity index (χ1v) is 9.01. The zero-order valence-corrected chi connectivity index (χ0v) is 13.4. The Morgan fingerprint density at radius 3 is 2.58 bits per heavy atom. The number of halogens is 2. The van der Waals surface area contributed by atoms with E-state index in [1.807, 2.05) is 19.1 Å². The summed E-state index contributed by atoms with van der Waals surface area (Å²) in [7, 11) is -2.92. The summed E-state index contributed by atoms with van der Waals surface area (Å²) in [4.78, 5) is 0. The lowest BCUT2D eigenvalue weighted by Crippen LogP contribution is -2.22. The highest BCUT2D eigenvalue weighted by atomic mass is 35.5. The minimum absolute atomic E-state index is 0.0259. The Bertz CT molecular complexity index is 517. The first kappa shape index (κ1) is 16.8. The molecule has 6 heteroatoms. The fourth-order valence-electron chi connectivity index (χ4n) is 1.95. The third kappa shape index (κ3) is 5.69. The lowest BCUT2D eigenvalue weighted by molar-refractivity contribution is 0.507. The first-order chi connectivity index (χ1) is 8.85. The van der Waals surface area contributed by atoms with E-state index in [9.17, 15) is 8.42 Å². The van der Waals surface area contributed by atoms with E-state index in [0.717, 1.165) is 12.1 Å².